The number of nitriles is 1. The summed E-state index contributed by atoms with van der Waals surface area (Å²) in [7, 11) is 0. The maximum atomic E-state index is 8.96. The van der Waals surface area contributed by atoms with Gasteiger partial charge in [-0.25, -0.2) is 0 Å². The summed E-state index contributed by atoms with van der Waals surface area (Å²) in [6.45, 7) is 0. The molecule has 0 heterocycles. The van der Waals surface area contributed by atoms with E-state index >= 15 is 0 Å². The van der Waals surface area contributed by atoms with Crippen molar-refractivity contribution in [1.82, 2.24) is 0 Å². The molecule has 1 nitrogen and oxygen atoms in total. The zero-order valence-electron chi connectivity index (χ0n) is 12.4. The molecule has 0 unspecified atom stereocenters. The average Bonchev–Trinajstić information content (AvgIpc) is 2.62. The van der Waals surface area contributed by atoms with E-state index in [1.807, 2.05) is 12.1 Å². The van der Waals surface area contributed by atoms with Crippen molar-refractivity contribution in [3.63, 3.8) is 0 Å². The summed E-state index contributed by atoms with van der Waals surface area (Å²) >= 11 is 0.203. The van der Waals surface area contributed by atoms with E-state index in [9.17, 15) is 0 Å². The fraction of sp³-hybridized carbons (Fsp3) is 0. The Morgan fingerprint density at radius 2 is 1.26 bits per heavy atom. The molecular formula is C21H13NSe. The molecule has 0 saturated heterocycles. The topological polar surface area (TPSA) is 23.8 Å². The van der Waals surface area contributed by atoms with Crippen LogP contribution in [0.4, 0.5) is 0 Å². The van der Waals surface area contributed by atoms with E-state index in [-0.39, 0.29) is 15.0 Å². The van der Waals surface area contributed by atoms with Gasteiger partial charge in [0.2, 0.25) is 0 Å². The molecule has 0 bridgehead atoms. The van der Waals surface area contributed by atoms with Crippen molar-refractivity contribution < 1.29 is 0 Å². The van der Waals surface area contributed by atoms with Crippen LogP contribution in [0.15, 0.2) is 78.9 Å². The fourth-order valence-corrected chi connectivity index (χ4v) is 5.10. The van der Waals surface area contributed by atoms with Gasteiger partial charge in [0.15, 0.2) is 0 Å². The molecule has 2 heteroatoms. The molecule has 0 aliphatic heterocycles. The van der Waals surface area contributed by atoms with Crippen LogP contribution in [0, 0.1) is 11.3 Å². The number of nitrogens with zero attached hydrogens (tertiary/aromatic N) is 1. The van der Waals surface area contributed by atoms with Crippen LogP contribution in [-0.4, -0.2) is 15.0 Å². The van der Waals surface area contributed by atoms with E-state index in [0.717, 1.165) is 0 Å². The van der Waals surface area contributed by atoms with E-state index in [2.05, 4.69) is 72.8 Å². The predicted molar refractivity (Wildman–Crippen MR) is 97.6 cm³/mol. The third-order valence-corrected chi connectivity index (χ3v) is 6.34. The molecule has 0 saturated carbocycles. The van der Waals surface area contributed by atoms with Crippen molar-refractivity contribution in [2.75, 3.05) is 0 Å². The van der Waals surface area contributed by atoms with E-state index in [0.29, 0.717) is 5.56 Å². The Bertz CT molecular complexity index is 989. The second-order valence-electron chi connectivity index (χ2n) is 5.39. The maximum absolute atomic E-state index is 8.96. The summed E-state index contributed by atoms with van der Waals surface area (Å²) in [4.78, 5) is 0. The molecule has 0 spiro atoms. The second-order valence-corrected chi connectivity index (χ2v) is 7.66. The summed E-state index contributed by atoms with van der Waals surface area (Å²) in [6.07, 6.45) is 0. The molecule has 4 rings (SSSR count). The molecule has 0 fully saturated rings. The van der Waals surface area contributed by atoms with Crippen molar-refractivity contribution in [2.45, 2.75) is 0 Å². The summed E-state index contributed by atoms with van der Waals surface area (Å²) in [5, 5.41) is 14.2. The molecule has 0 N–H and O–H groups in total. The van der Waals surface area contributed by atoms with Gasteiger partial charge in [0.25, 0.3) is 0 Å². The van der Waals surface area contributed by atoms with Crippen molar-refractivity contribution in [1.29, 1.82) is 5.26 Å². The number of hydrogen-bond acceptors (Lipinski definition) is 1. The second kappa shape index (κ2) is 5.89. The Labute approximate surface area is 141 Å². The third-order valence-electron chi connectivity index (χ3n) is 3.93. The number of benzene rings is 4. The Balaban J connectivity index is 1.93. The van der Waals surface area contributed by atoms with Crippen LogP contribution in [0.2, 0.25) is 0 Å². The van der Waals surface area contributed by atoms with Gasteiger partial charge < -0.3 is 0 Å². The van der Waals surface area contributed by atoms with Crippen LogP contribution >= 0.6 is 0 Å². The van der Waals surface area contributed by atoms with Crippen LogP contribution < -0.4 is 8.92 Å². The monoisotopic (exact) mass is 359 g/mol. The molecule has 4 aromatic rings. The molecule has 0 aliphatic carbocycles. The first kappa shape index (κ1) is 14.0. The molecule has 23 heavy (non-hydrogen) atoms. The first-order valence-electron chi connectivity index (χ1n) is 7.44. The van der Waals surface area contributed by atoms with Crippen LogP contribution in [0.1, 0.15) is 5.56 Å². The molecule has 0 aromatic heterocycles. The Kier molecular flexibility index (Phi) is 3.60. The summed E-state index contributed by atoms with van der Waals surface area (Å²) in [5.41, 5.74) is 0.715. The van der Waals surface area contributed by atoms with Gasteiger partial charge >= 0.3 is 141 Å². The third kappa shape index (κ3) is 2.62. The summed E-state index contributed by atoms with van der Waals surface area (Å²) in [6, 6.07) is 29.6. The van der Waals surface area contributed by atoms with Gasteiger partial charge in [-0.1, -0.05) is 0 Å². The number of fused-ring (bicyclic) bond motifs is 2. The Hall–Kier alpha value is -2.59. The van der Waals surface area contributed by atoms with E-state index in [1.165, 1.54) is 30.5 Å². The van der Waals surface area contributed by atoms with Crippen LogP contribution in [0.5, 0.6) is 0 Å². The van der Waals surface area contributed by atoms with Gasteiger partial charge in [0, 0.05) is 0 Å². The van der Waals surface area contributed by atoms with Crippen molar-refractivity contribution in [2.24, 2.45) is 0 Å². The predicted octanol–water partition coefficient (Wildman–Crippen LogP) is 3.52. The number of hydrogen-bond donors (Lipinski definition) is 0. The molecule has 4 aromatic carbocycles. The van der Waals surface area contributed by atoms with Crippen LogP contribution in [-0.2, 0) is 0 Å². The molecule has 0 aliphatic rings. The minimum atomic E-state index is 0.203. The quantitative estimate of drug-likeness (QED) is 0.397. The van der Waals surface area contributed by atoms with Gasteiger partial charge in [-0.05, 0) is 0 Å². The minimum absolute atomic E-state index is 0.203. The molecule has 0 amide bonds. The van der Waals surface area contributed by atoms with Crippen molar-refractivity contribution in [3.05, 3.63) is 84.4 Å². The van der Waals surface area contributed by atoms with Crippen LogP contribution in [0.25, 0.3) is 21.5 Å². The number of rotatable bonds is 2. The summed E-state index contributed by atoms with van der Waals surface area (Å²) in [5.74, 6) is 0. The molecule has 0 radical (unpaired) electrons. The standard InChI is InChI=1S/C21H13NSe/c22-14-15-9-11-18(12-10-15)23-21-19-7-3-1-5-16(19)13-17-6-2-4-8-20(17)21/h1-13H. The van der Waals surface area contributed by atoms with E-state index < -0.39 is 0 Å². The van der Waals surface area contributed by atoms with Gasteiger partial charge in [-0.3, -0.25) is 0 Å². The average molecular weight is 358 g/mol. The van der Waals surface area contributed by atoms with Gasteiger partial charge in [-0.2, -0.15) is 0 Å². The zero-order chi connectivity index (χ0) is 15.6. The Morgan fingerprint density at radius 1 is 0.696 bits per heavy atom. The molecular weight excluding hydrogens is 345 g/mol. The first-order chi connectivity index (χ1) is 11.3. The normalized spacial score (nSPS) is 10.7. The zero-order valence-corrected chi connectivity index (χ0v) is 14.1. The Morgan fingerprint density at radius 3 is 1.83 bits per heavy atom. The van der Waals surface area contributed by atoms with E-state index in [1.54, 1.807) is 0 Å². The van der Waals surface area contributed by atoms with Gasteiger partial charge in [-0.15, -0.1) is 0 Å². The van der Waals surface area contributed by atoms with Gasteiger partial charge in [0.05, 0.1) is 0 Å². The van der Waals surface area contributed by atoms with Crippen molar-refractivity contribution in [3.8, 4) is 6.07 Å². The first-order valence-corrected chi connectivity index (χ1v) is 9.15. The molecule has 0 atom stereocenters. The molecule has 108 valence electrons. The van der Waals surface area contributed by atoms with E-state index in [4.69, 9.17) is 5.26 Å². The fourth-order valence-electron chi connectivity index (χ4n) is 2.80. The van der Waals surface area contributed by atoms with Gasteiger partial charge in [0.1, 0.15) is 0 Å². The summed E-state index contributed by atoms with van der Waals surface area (Å²) < 4.78 is 2.70. The van der Waals surface area contributed by atoms with Crippen LogP contribution in [0.3, 0.4) is 0 Å². The SMILES string of the molecule is N#Cc1ccc([Se]c2c3ccccc3cc3ccccc23)cc1. The van der Waals surface area contributed by atoms with Crippen molar-refractivity contribution >= 4 is 45.4 Å².